The van der Waals surface area contributed by atoms with Crippen molar-refractivity contribution in [3.8, 4) is 0 Å². The molecule has 4 aliphatic rings. The van der Waals surface area contributed by atoms with Crippen LogP contribution in [0.4, 0.5) is 0 Å². The number of ketones is 1. The number of alkyl halides is 1. The van der Waals surface area contributed by atoms with E-state index in [1.165, 1.54) is 12.8 Å². The lowest BCUT2D eigenvalue weighted by Gasteiger charge is -2.61. The van der Waals surface area contributed by atoms with Crippen LogP contribution >= 0.6 is 15.9 Å². The quantitative estimate of drug-likeness (QED) is 0.671. The molecule has 2 N–H and O–H groups in total. The van der Waals surface area contributed by atoms with Gasteiger partial charge < -0.3 is 10.2 Å². The molecule has 0 radical (unpaired) electrons. The van der Waals surface area contributed by atoms with Crippen LogP contribution in [0.15, 0.2) is 0 Å². The van der Waals surface area contributed by atoms with E-state index in [4.69, 9.17) is 0 Å². The number of hydrogen-bond donors (Lipinski definition) is 2. The summed E-state index contributed by atoms with van der Waals surface area (Å²) in [5, 5.41) is 21.7. The number of Topliss-reactive ketones (excluding diaryl/α,β-unsaturated/α-hetero) is 1. The van der Waals surface area contributed by atoms with Crippen LogP contribution in [-0.4, -0.2) is 33.0 Å². The number of fused-ring (bicyclic) bond motifs is 5. The molecule has 0 heterocycles. The molecule has 0 aromatic heterocycles. The molecule has 4 aliphatic carbocycles. The number of carbonyl (C=O) groups is 1. The number of aliphatic hydroxyl groups is 2. The molecule has 4 fully saturated rings. The van der Waals surface area contributed by atoms with E-state index in [0.29, 0.717) is 35.5 Å². The van der Waals surface area contributed by atoms with Crippen molar-refractivity contribution in [1.82, 2.24) is 0 Å². The summed E-state index contributed by atoms with van der Waals surface area (Å²) in [5.74, 6) is 2.47. The average Bonchev–Trinajstić information content (AvgIpc) is 2.87. The molecule has 4 rings (SSSR count). The molecule has 0 saturated heterocycles. The Hall–Kier alpha value is 0.0700. The molecular weight excluding hydrogens is 380 g/mol. The van der Waals surface area contributed by atoms with Gasteiger partial charge in [-0.2, -0.15) is 0 Å². The van der Waals surface area contributed by atoms with Gasteiger partial charge in [0.15, 0.2) is 5.78 Å². The summed E-state index contributed by atoms with van der Waals surface area (Å²) in [7, 11) is 0. The molecule has 4 saturated carbocycles. The van der Waals surface area contributed by atoms with Gasteiger partial charge in [0.1, 0.15) is 5.60 Å². The second-order valence-corrected chi connectivity index (χ2v) is 10.6. The van der Waals surface area contributed by atoms with Crippen LogP contribution in [0.25, 0.3) is 0 Å². The van der Waals surface area contributed by atoms with Crippen molar-refractivity contribution >= 4 is 21.7 Å². The van der Waals surface area contributed by atoms with Crippen molar-refractivity contribution in [2.75, 3.05) is 5.33 Å². The van der Waals surface area contributed by atoms with Crippen LogP contribution < -0.4 is 0 Å². The Labute approximate surface area is 160 Å². The summed E-state index contributed by atoms with van der Waals surface area (Å²) in [6.45, 7) is 4.67. The minimum Gasteiger partial charge on any atom is -0.393 e. The smallest absolute Gasteiger partial charge is 0.175 e. The largest absolute Gasteiger partial charge is 0.393 e. The summed E-state index contributed by atoms with van der Waals surface area (Å²) in [5.41, 5.74) is -1.04. The topological polar surface area (TPSA) is 57.5 Å². The molecule has 0 aromatic carbocycles. The van der Waals surface area contributed by atoms with Gasteiger partial charge in [0.2, 0.25) is 0 Å². The zero-order valence-corrected chi connectivity index (χ0v) is 17.2. The van der Waals surface area contributed by atoms with Gasteiger partial charge in [-0.3, -0.25) is 4.79 Å². The first kappa shape index (κ1) is 18.4. The maximum atomic E-state index is 12.6. The van der Waals surface area contributed by atoms with Crippen LogP contribution in [-0.2, 0) is 4.79 Å². The minimum atomic E-state index is -1.13. The Bertz CT molecular complexity index is 565. The van der Waals surface area contributed by atoms with Crippen molar-refractivity contribution in [3.63, 3.8) is 0 Å². The zero-order valence-electron chi connectivity index (χ0n) is 15.6. The Morgan fingerprint density at radius 3 is 2.48 bits per heavy atom. The molecule has 142 valence electrons. The molecule has 8 atom stereocenters. The maximum Gasteiger partial charge on any atom is 0.175 e. The number of rotatable bonds is 2. The summed E-state index contributed by atoms with van der Waals surface area (Å²) in [4.78, 5) is 12.6. The predicted octanol–water partition coefficient (Wildman–Crippen LogP) is 4.09. The number of halogens is 1. The molecule has 2 unspecified atom stereocenters. The fraction of sp³-hybridized carbons (Fsp3) is 0.952. The molecule has 0 aliphatic heterocycles. The third-order valence-corrected chi connectivity index (χ3v) is 9.88. The first-order valence-corrected chi connectivity index (χ1v) is 11.4. The van der Waals surface area contributed by atoms with Gasteiger partial charge in [0.05, 0.1) is 11.4 Å². The van der Waals surface area contributed by atoms with Crippen molar-refractivity contribution < 1.29 is 15.0 Å². The van der Waals surface area contributed by atoms with Crippen molar-refractivity contribution in [2.24, 2.45) is 34.5 Å². The van der Waals surface area contributed by atoms with E-state index in [1.54, 1.807) is 0 Å². The van der Waals surface area contributed by atoms with Crippen LogP contribution in [0.3, 0.4) is 0 Å². The van der Waals surface area contributed by atoms with Gasteiger partial charge in [-0.1, -0.05) is 29.8 Å². The van der Waals surface area contributed by atoms with Crippen molar-refractivity contribution in [1.29, 1.82) is 0 Å². The number of hydrogen-bond acceptors (Lipinski definition) is 3. The SMILES string of the molecule is C[C@]12CCC(O)CC1CC[C@@H]1[C@@H]2CC[C@@]2(C)[C@H]1CC[C@]2(O)C(=O)CBr. The molecule has 25 heavy (non-hydrogen) atoms. The molecular formula is C21H33BrO3. The van der Waals surface area contributed by atoms with Crippen LogP contribution in [0.2, 0.25) is 0 Å². The van der Waals surface area contributed by atoms with Gasteiger partial charge in [0.25, 0.3) is 0 Å². The van der Waals surface area contributed by atoms with Gasteiger partial charge in [0, 0.05) is 5.41 Å². The standard InChI is InChI=1S/C21H33BrO3/c1-19-8-5-14(23)11-13(19)3-4-15-16(19)6-9-20(2)17(15)7-10-21(20,25)18(24)12-22/h13-17,23,25H,3-12H2,1-2H3/t13?,14?,15-,16+,17+,19+,20+,21+/m1/s1. The van der Waals surface area contributed by atoms with Gasteiger partial charge in [-0.15, -0.1) is 0 Å². The van der Waals surface area contributed by atoms with Crippen molar-refractivity contribution in [3.05, 3.63) is 0 Å². The molecule has 0 spiro atoms. The third-order valence-electron chi connectivity index (χ3n) is 9.37. The normalized spacial score (nSPS) is 55.2. The van der Waals surface area contributed by atoms with E-state index in [0.717, 1.165) is 38.5 Å². The Morgan fingerprint density at radius 1 is 1.04 bits per heavy atom. The van der Waals surface area contributed by atoms with E-state index in [-0.39, 0.29) is 22.6 Å². The fourth-order valence-electron chi connectivity index (χ4n) is 7.82. The molecule has 3 nitrogen and oxygen atoms in total. The summed E-state index contributed by atoms with van der Waals surface area (Å²) < 4.78 is 0. The summed E-state index contributed by atoms with van der Waals surface area (Å²) in [6, 6.07) is 0. The summed E-state index contributed by atoms with van der Waals surface area (Å²) >= 11 is 3.30. The first-order valence-electron chi connectivity index (χ1n) is 10.3. The van der Waals surface area contributed by atoms with Crippen LogP contribution in [0.1, 0.15) is 71.6 Å². The Kier molecular flexibility index (Phi) is 4.45. The van der Waals surface area contributed by atoms with Gasteiger partial charge >= 0.3 is 0 Å². The van der Waals surface area contributed by atoms with E-state index < -0.39 is 5.60 Å². The third kappa shape index (κ3) is 2.39. The Morgan fingerprint density at radius 2 is 1.76 bits per heavy atom. The molecule has 4 heteroatoms. The highest BCUT2D eigenvalue weighted by Gasteiger charge is 2.66. The van der Waals surface area contributed by atoms with Crippen LogP contribution in [0, 0.1) is 34.5 Å². The van der Waals surface area contributed by atoms with Gasteiger partial charge in [-0.05, 0) is 86.9 Å². The monoisotopic (exact) mass is 412 g/mol. The summed E-state index contributed by atoms with van der Waals surface area (Å²) in [6.07, 6.45) is 9.15. The molecule has 0 amide bonds. The van der Waals surface area contributed by atoms with E-state index in [9.17, 15) is 15.0 Å². The minimum absolute atomic E-state index is 0.0170. The molecule has 0 bridgehead atoms. The van der Waals surface area contributed by atoms with Gasteiger partial charge in [-0.25, -0.2) is 0 Å². The number of aliphatic hydroxyl groups excluding tert-OH is 1. The zero-order chi connectivity index (χ0) is 18.0. The lowest BCUT2D eigenvalue weighted by Crippen LogP contribution is -2.59. The Balaban J connectivity index is 1.63. The van der Waals surface area contributed by atoms with E-state index >= 15 is 0 Å². The van der Waals surface area contributed by atoms with Crippen LogP contribution in [0.5, 0.6) is 0 Å². The lowest BCUT2D eigenvalue weighted by atomic mass is 9.44. The maximum absolute atomic E-state index is 12.6. The van der Waals surface area contributed by atoms with E-state index in [1.807, 2.05) is 0 Å². The first-order chi connectivity index (χ1) is 11.8. The number of carbonyl (C=O) groups excluding carboxylic acids is 1. The average molecular weight is 413 g/mol. The molecule has 0 aromatic rings. The second-order valence-electron chi connectivity index (χ2n) is 10.00. The predicted molar refractivity (Wildman–Crippen MR) is 101 cm³/mol. The lowest BCUT2D eigenvalue weighted by molar-refractivity contribution is -0.170. The highest BCUT2D eigenvalue weighted by Crippen LogP contribution is 2.68. The van der Waals surface area contributed by atoms with Crippen molar-refractivity contribution in [2.45, 2.75) is 83.3 Å². The highest BCUT2D eigenvalue weighted by molar-refractivity contribution is 9.09. The van der Waals surface area contributed by atoms with E-state index in [2.05, 4.69) is 29.8 Å². The second kappa shape index (κ2) is 6.04. The fourth-order valence-corrected chi connectivity index (χ4v) is 8.28. The highest BCUT2D eigenvalue weighted by atomic mass is 79.9.